The van der Waals surface area contributed by atoms with Gasteiger partial charge in [-0.15, -0.1) is 0 Å². The standard InChI is InChI=1S/C26H21F2N3O2/c1-14-3-5-16(12-21(14)28)31-23-8-4-15(27)11-20(23)26(32)30-10-9-18-19-13-17(33-2)6-7-22(19)29-24(18)25(30)31/h3-8,11-13,25,29H,9-10H2,1-2H3. The van der Waals surface area contributed by atoms with Gasteiger partial charge >= 0.3 is 0 Å². The molecule has 3 heterocycles. The maximum atomic E-state index is 14.6. The predicted octanol–water partition coefficient (Wildman–Crippen LogP) is 5.61. The van der Waals surface area contributed by atoms with Crippen molar-refractivity contribution in [2.24, 2.45) is 0 Å². The molecule has 2 aliphatic heterocycles. The molecule has 5 nitrogen and oxygen atoms in total. The van der Waals surface area contributed by atoms with Crippen LogP contribution < -0.4 is 9.64 Å². The number of nitrogens with zero attached hydrogens (tertiary/aromatic N) is 2. The van der Waals surface area contributed by atoms with E-state index in [1.165, 1.54) is 18.2 Å². The van der Waals surface area contributed by atoms with Gasteiger partial charge in [-0.25, -0.2) is 8.78 Å². The van der Waals surface area contributed by atoms with Gasteiger partial charge in [-0.2, -0.15) is 0 Å². The second kappa shape index (κ2) is 7.07. The molecule has 1 amide bonds. The number of hydrogen-bond donors (Lipinski definition) is 1. The first-order valence-electron chi connectivity index (χ1n) is 10.8. The van der Waals surface area contributed by atoms with E-state index in [1.807, 2.05) is 29.2 Å². The van der Waals surface area contributed by atoms with Crippen LogP contribution in [0.5, 0.6) is 5.75 Å². The van der Waals surface area contributed by atoms with Gasteiger partial charge in [0.1, 0.15) is 17.4 Å². The minimum atomic E-state index is -0.514. The molecule has 2 aliphatic rings. The number of benzene rings is 3. The lowest BCUT2D eigenvalue weighted by molar-refractivity contribution is 0.0641. The molecule has 0 radical (unpaired) electrons. The lowest BCUT2D eigenvalue weighted by atomic mass is 9.95. The Balaban J connectivity index is 1.62. The van der Waals surface area contributed by atoms with E-state index in [0.717, 1.165) is 27.9 Å². The molecule has 33 heavy (non-hydrogen) atoms. The maximum absolute atomic E-state index is 14.6. The van der Waals surface area contributed by atoms with Crippen molar-refractivity contribution in [3.8, 4) is 5.75 Å². The fraction of sp³-hybridized carbons (Fsp3) is 0.192. The number of carbonyl (C=O) groups is 1. The van der Waals surface area contributed by atoms with Crippen LogP contribution >= 0.6 is 0 Å². The van der Waals surface area contributed by atoms with Crippen LogP contribution in [0.15, 0.2) is 54.6 Å². The van der Waals surface area contributed by atoms with E-state index in [4.69, 9.17) is 4.74 Å². The Hall–Kier alpha value is -3.87. The quantitative estimate of drug-likeness (QED) is 0.436. The van der Waals surface area contributed by atoms with E-state index in [9.17, 15) is 13.6 Å². The SMILES string of the molecule is COc1ccc2[nH]c3c(c2c1)CCN1C(=O)c2cc(F)ccc2N(c2ccc(C)c(F)c2)C31. The van der Waals surface area contributed by atoms with Gasteiger partial charge in [-0.3, -0.25) is 4.79 Å². The molecule has 0 saturated heterocycles. The first-order chi connectivity index (χ1) is 16.0. The first kappa shape index (κ1) is 19.8. The lowest BCUT2D eigenvalue weighted by Gasteiger charge is -2.47. The van der Waals surface area contributed by atoms with Crippen LogP contribution in [0.3, 0.4) is 0 Å². The number of aromatic nitrogens is 1. The number of H-pyrrole nitrogens is 1. The second-order valence-electron chi connectivity index (χ2n) is 8.52. The highest BCUT2D eigenvalue weighted by Gasteiger charge is 2.44. The van der Waals surface area contributed by atoms with Crippen molar-refractivity contribution >= 4 is 28.2 Å². The van der Waals surface area contributed by atoms with Gasteiger partial charge in [0.05, 0.1) is 24.1 Å². The monoisotopic (exact) mass is 445 g/mol. The number of carbonyl (C=O) groups excluding carboxylic acids is 1. The zero-order valence-corrected chi connectivity index (χ0v) is 18.2. The predicted molar refractivity (Wildman–Crippen MR) is 122 cm³/mol. The number of rotatable bonds is 2. The van der Waals surface area contributed by atoms with Crippen LogP contribution in [0.4, 0.5) is 20.2 Å². The molecule has 6 rings (SSSR count). The van der Waals surface area contributed by atoms with Crippen molar-refractivity contribution in [3.05, 3.63) is 88.6 Å². The highest BCUT2D eigenvalue weighted by Crippen LogP contribution is 2.48. The number of aryl methyl sites for hydroxylation is 1. The van der Waals surface area contributed by atoms with Crippen molar-refractivity contribution < 1.29 is 18.3 Å². The van der Waals surface area contributed by atoms with Gasteiger partial charge in [0.15, 0.2) is 6.17 Å². The number of nitrogens with one attached hydrogen (secondary N) is 1. The van der Waals surface area contributed by atoms with Gasteiger partial charge in [0.2, 0.25) is 0 Å². The molecule has 1 unspecified atom stereocenters. The van der Waals surface area contributed by atoms with Crippen LogP contribution in [0.25, 0.3) is 10.9 Å². The third-order valence-corrected chi connectivity index (χ3v) is 6.69. The molecule has 0 fully saturated rings. The first-order valence-corrected chi connectivity index (χ1v) is 10.8. The van der Waals surface area contributed by atoms with E-state index in [2.05, 4.69) is 4.98 Å². The highest BCUT2D eigenvalue weighted by atomic mass is 19.1. The van der Waals surface area contributed by atoms with Crippen molar-refractivity contribution in [2.75, 3.05) is 18.6 Å². The normalized spacial score (nSPS) is 17.1. The number of methoxy groups -OCH3 is 1. The molecule has 3 aromatic carbocycles. The second-order valence-corrected chi connectivity index (χ2v) is 8.52. The number of hydrogen-bond acceptors (Lipinski definition) is 3. The maximum Gasteiger partial charge on any atom is 0.258 e. The van der Waals surface area contributed by atoms with E-state index >= 15 is 0 Å². The van der Waals surface area contributed by atoms with Crippen LogP contribution in [0.1, 0.15) is 33.3 Å². The zero-order valence-electron chi connectivity index (χ0n) is 18.2. The molecule has 166 valence electrons. The van der Waals surface area contributed by atoms with Crippen molar-refractivity contribution in [1.82, 2.24) is 9.88 Å². The highest BCUT2D eigenvalue weighted by molar-refractivity contribution is 6.04. The third-order valence-electron chi connectivity index (χ3n) is 6.69. The summed E-state index contributed by atoms with van der Waals surface area (Å²) in [5, 5.41) is 1.04. The fourth-order valence-corrected chi connectivity index (χ4v) is 5.04. The van der Waals surface area contributed by atoms with Crippen LogP contribution in [0.2, 0.25) is 0 Å². The summed E-state index contributed by atoms with van der Waals surface area (Å²) in [7, 11) is 1.63. The molecule has 0 spiro atoms. The van der Waals surface area contributed by atoms with Gasteiger partial charge in [0, 0.05) is 23.1 Å². The molecular formula is C26H21F2N3O2. The number of amides is 1. The summed E-state index contributed by atoms with van der Waals surface area (Å²) in [6, 6.07) is 15.0. The number of halogens is 2. The summed E-state index contributed by atoms with van der Waals surface area (Å²) in [5.74, 6) is -0.298. The summed E-state index contributed by atoms with van der Waals surface area (Å²) in [6.07, 6.45) is 0.130. The zero-order chi connectivity index (χ0) is 22.9. The van der Waals surface area contributed by atoms with Crippen molar-refractivity contribution in [3.63, 3.8) is 0 Å². The van der Waals surface area contributed by atoms with Gasteiger partial charge in [-0.1, -0.05) is 6.07 Å². The van der Waals surface area contributed by atoms with E-state index in [1.54, 1.807) is 31.1 Å². The summed E-state index contributed by atoms with van der Waals surface area (Å²) < 4.78 is 34.2. The summed E-state index contributed by atoms with van der Waals surface area (Å²) in [5.41, 5.74) is 4.86. The molecule has 0 bridgehead atoms. The van der Waals surface area contributed by atoms with Gasteiger partial charge in [0.25, 0.3) is 5.91 Å². The fourth-order valence-electron chi connectivity index (χ4n) is 5.04. The number of aromatic amines is 1. The van der Waals surface area contributed by atoms with Gasteiger partial charge in [-0.05, 0) is 73.0 Å². The Morgan fingerprint density at radius 2 is 1.91 bits per heavy atom. The molecule has 0 saturated carbocycles. The average Bonchev–Trinajstić information content (AvgIpc) is 3.19. The Morgan fingerprint density at radius 1 is 1.06 bits per heavy atom. The average molecular weight is 445 g/mol. The lowest BCUT2D eigenvalue weighted by Crippen LogP contribution is -2.50. The largest absolute Gasteiger partial charge is 0.497 e. The Morgan fingerprint density at radius 3 is 2.70 bits per heavy atom. The molecule has 7 heteroatoms. The van der Waals surface area contributed by atoms with Crippen LogP contribution in [-0.2, 0) is 6.42 Å². The molecular weight excluding hydrogens is 424 g/mol. The molecule has 1 N–H and O–H groups in total. The molecule has 1 aromatic heterocycles. The summed E-state index contributed by atoms with van der Waals surface area (Å²) >= 11 is 0. The Labute approximate surface area is 189 Å². The minimum absolute atomic E-state index is 0.236. The van der Waals surface area contributed by atoms with E-state index in [-0.39, 0.29) is 17.3 Å². The topological polar surface area (TPSA) is 48.6 Å². The number of fused-ring (bicyclic) bond motifs is 6. The third kappa shape index (κ3) is 2.85. The Kier molecular flexibility index (Phi) is 4.24. The summed E-state index contributed by atoms with van der Waals surface area (Å²) in [6.45, 7) is 2.17. The Bertz CT molecular complexity index is 1450. The molecule has 1 atom stereocenters. The smallest absolute Gasteiger partial charge is 0.258 e. The van der Waals surface area contributed by atoms with Crippen LogP contribution in [0, 0.1) is 18.6 Å². The van der Waals surface area contributed by atoms with Crippen molar-refractivity contribution in [1.29, 1.82) is 0 Å². The molecule has 4 aromatic rings. The van der Waals surface area contributed by atoms with Gasteiger partial charge < -0.3 is 19.5 Å². The van der Waals surface area contributed by atoms with E-state index < -0.39 is 12.0 Å². The number of ether oxygens (including phenoxy) is 1. The summed E-state index contributed by atoms with van der Waals surface area (Å²) in [4.78, 5) is 20.6. The van der Waals surface area contributed by atoms with Crippen LogP contribution in [-0.4, -0.2) is 29.4 Å². The van der Waals surface area contributed by atoms with E-state index in [0.29, 0.717) is 29.9 Å². The minimum Gasteiger partial charge on any atom is -0.497 e. The number of anilines is 2. The van der Waals surface area contributed by atoms with Crippen molar-refractivity contribution in [2.45, 2.75) is 19.5 Å². The molecule has 0 aliphatic carbocycles.